The second-order valence-electron chi connectivity index (χ2n) is 5.67. The average molecular weight is 267 g/mol. The highest BCUT2D eigenvalue weighted by Crippen LogP contribution is 2.26. The highest BCUT2D eigenvalue weighted by molar-refractivity contribution is 5.21. The topological polar surface area (TPSA) is 39.1 Å². The Hall–Kier alpha value is -0.870. The van der Waals surface area contributed by atoms with Crippen LogP contribution in [0, 0.1) is 0 Å². The van der Waals surface area contributed by atoms with Gasteiger partial charge in [-0.2, -0.15) is 5.10 Å². The van der Waals surface area contributed by atoms with Crippen molar-refractivity contribution >= 4 is 0 Å². The van der Waals surface area contributed by atoms with Crippen LogP contribution < -0.4 is 5.32 Å². The van der Waals surface area contributed by atoms with Crippen molar-refractivity contribution in [2.75, 3.05) is 13.7 Å². The number of aryl methyl sites for hydroxylation is 2. The van der Waals surface area contributed by atoms with E-state index in [9.17, 15) is 0 Å². The van der Waals surface area contributed by atoms with Gasteiger partial charge in [-0.1, -0.05) is 13.8 Å². The first kappa shape index (κ1) is 16.2. The lowest BCUT2D eigenvalue weighted by Gasteiger charge is -2.26. The number of hydrogen-bond donors (Lipinski definition) is 1. The lowest BCUT2D eigenvalue weighted by atomic mass is 9.94. The molecule has 0 aliphatic rings. The van der Waals surface area contributed by atoms with Gasteiger partial charge in [0.1, 0.15) is 0 Å². The van der Waals surface area contributed by atoms with Crippen molar-refractivity contribution in [3.8, 4) is 0 Å². The van der Waals surface area contributed by atoms with E-state index < -0.39 is 0 Å². The Morgan fingerprint density at radius 1 is 1.42 bits per heavy atom. The third-order valence-electron chi connectivity index (χ3n) is 3.69. The summed E-state index contributed by atoms with van der Waals surface area (Å²) in [6.45, 7) is 9.56. The van der Waals surface area contributed by atoms with Gasteiger partial charge >= 0.3 is 0 Å². The normalized spacial score (nSPS) is 13.8. The molecule has 1 aromatic rings. The molecule has 1 N–H and O–H groups in total. The number of aromatic nitrogens is 2. The van der Waals surface area contributed by atoms with Crippen LogP contribution in [-0.2, 0) is 18.2 Å². The zero-order valence-electron chi connectivity index (χ0n) is 13.3. The largest absolute Gasteiger partial charge is 0.379 e. The predicted octanol–water partition coefficient (Wildman–Crippen LogP) is 2.84. The molecule has 0 amide bonds. The van der Waals surface area contributed by atoms with E-state index >= 15 is 0 Å². The number of rotatable bonds is 8. The fourth-order valence-corrected chi connectivity index (χ4v) is 2.33. The van der Waals surface area contributed by atoms with Gasteiger partial charge in [-0.05, 0) is 39.7 Å². The molecule has 1 unspecified atom stereocenters. The molecule has 0 aliphatic heterocycles. The van der Waals surface area contributed by atoms with E-state index in [0.29, 0.717) is 6.04 Å². The molecule has 0 aliphatic carbocycles. The molecule has 0 saturated heterocycles. The molecule has 1 aromatic heterocycles. The smallest absolute Gasteiger partial charge is 0.0669 e. The summed E-state index contributed by atoms with van der Waals surface area (Å²) >= 11 is 0. The number of nitrogens with one attached hydrogen (secondary N) is 1. The van der Waals surface area contributed by atoms with Crippen molar-refractivity contribution in [1.29, 1.82) is 0 Å². The lowest BCUT2D eigenvalue weighted by molar-refractivity contribution is 0.0117. The van der Waals surface area contributed by atoms with Gasteiger partial charge in [0.05, 0.1) is 11.3 Å². The van der Waals surface area contributed by atoms with Crippen molar-refractivity contribution in [3.05, 3.63) is 17.5 Å². The van der Waals surface area contributed by atoms with Crippen LogP contribution in [0.4, 0.5) is 0 Å². The van der Waals surface area contributed by atoms with Gasteiger partial charge in [-0.15, -0.1) is 0 Å². The Bertz CT molecular complexity index is 385. The first-order valence-electron chi connectivity index (χ1n) is 7.24. The maximum absolute atomic E-state index is 5.52. The first-order chi connectivity index (χ1) is 8.93. The average Bonchev–Trinajstić information content (AvgIpc) is 2.75. The van der Waals surface area contributed by atoms with Crippen LogP contribution in [0.5, 0.6) is 0 Å². The second-order valence-corrected chi connectivity index (χ2v) is 5.67. The fourth-order valence-electron chi connectivity index (χ4n) is 2.33. The molecule has 1 heterocycles. The van der Waals surface area contributed by atoms with Crippen molar-refractivity contribution in [2.45, 2.75) is 58.6 Å². The van der Waals surface area contributed by atoms with E-state index in [1.807, 2.05) is 11.7 Å². The molecule has 0 radical (unpaired) electrons. The summed E-state index contributed by atoms with van der Waals surface area (Å²) in [6, 6.07) is 0.364. The Morgan fingerprint density at radius 2 is 2.11 bits per heavy atom. The second kappa shape index (κ2) is 7.06. The van der Waals surface area contributed by atoms with Gasteiger partial charge in [0.15, 0.2) is 0 Å². The molecule has 4 heteroatoms. The summed E-state index contributed by atoms with van der Waals surface area (Å²) in [5.41, 5.74) is 2.46. The molecule has 0 aromatic carbocycles. The molecule has 4 nitrogen and oxygen atoms in total. The number of methoxy groups -OCH3 is 1. The summed E-state index contributed by atoms with van der Waals surface area (Å²) < 4.78 is 7.43. The zero-order chi connectivity index (χ0) is 14.5. The summed E-state index contributed by atoms with van der Waals surface area (Å²) in [7, 11) is 3.77. The van der Waals surface area contributed by atoms with Crippen LogP contribution in [0.3, 0.4) is 0 Å². The molecule has 0 spiro atoms. The van der Waals surface area contributed by atoms with Crippen LogP contribution >= 0.6 is 0 Å². The van der Waals surface area contributed by atoms with Crippen LogP contribution in [0.25, 0.3) is 0 Å². The maximum atomic E-state index is 5.52. The SMILES string of the molecule is CCNC(CCC(C)(C)OC)c1cn(C)nc1CC. The minimum Gasteiger partial charge on any atom is -0.379 e. The number of nitrogens with zero attached hydrogens (tertiary/aromatic N) is 2. The molecule has 1 rings (SSSR count). The highest BCUT2D eigenvalue weighted by Gasteiger charge is 2.22. The molecule has 0 fully saturated rings. The highest BCUT2D eigenvalue weighted by atomic mass is 16.5. The van der Waals surface area contributed by atoms with Crippen LogP contribution in [0.15, 0.2) is 6.20 Å². The Labute approximate surface area is 117 Å². The summed E-state index contributed by atoms with van der Waals surface area (Å²) in [4.78, 5) is 0. The standard InChI is InChI=1S/C15H29N3O/c1-7-13-12(11-18(5)17-13)14(16-8-2)9-10-15(3,4)19-6/h11,14,16H,7-10H2,1-6H3. The van der Waals surface area contributed by atoms with Crippen molar-refractivity contribution in [3.63, 3.8) is 0 Å². The third-order valence-corrected chi connectivity index (χ3v) is 3.69. The van der Waals surface area contributed by atoms with Crippen LogP contribution in [-0.4, -0.2) is 29.0 Å². The Balaban J connectivity index is 2.81. The van der Waals surface area contributed by atoms with E-state index in [1.165, 1.54) is 11.3 Å². The van der Waals surface area contributed by atoms with Crippen LogP contribution in [0.2, 0.25) is 0 Å². The molecule has 110 valence electrons. The molecule has 19 heavy (non-hydrogen) atoms. The van der Waals surface area contributed by atoms with E-state index in [-0.39, 0.29) is 5.60 Å². The summed E-state index contributed by atoms with van der Waals surface area (Å²) in [5, 5.41) is 8.12. The minimum atomic E-state index is -0.0672. The maximum Gasteiger partial charge on any atom is 0.0669 e. The fraction of sp³-hybridized carbons (Fsp3) is 0.800. The van der Waals surface area contributed by atoms with Gasteiger partial charge in [-0.25, -0.2) is 0 Å². The van der Waals surface area contributed by atoms with Gasteiger partial charge in [0.25, 0.3) is 0 Å². The van der Waals surface area contributed by atoms with Gasteiger partial charge < -0.3 is 10.1 Å². The summed E-state index contributed by atoms with van der Waals surface area (Å²) in [6.07, 6.45) is 5.21. The van der Waals surface area contributed by atoms with Gasteiger partial charge in [0.2, 0.25) is 0 Å². The van der Waals surface area contributed by atoms with Crippen molar-refractivity contribution < 1.29 is 4.74 Å². The van der Waals surface area contributed by atoms with Gasteiger partial charge in [-0.3, -0.25) is 4.68 Å². The molecule has 1 atom stereocenters. The van der Waals surface area contributed by atoms with E-state index in [4.69, 9.17) is 4.74 Å². The third kappa shape index (κ3) is 4.62. The number of hydrogen-bond acceptors (Lipinski definition) is 3. The quantitative estimate of drug-likeness (QED) is 0.787. The van der Waals surface area contributed by atoms with Crippen LogP contribution in [0.1, 0.15) is 57.8 Å². The molecule has 0 bridgehead atoms. The Morgan fingerprint density at radius 3 is 2.63 bits per heavy atom. The zero-order valence-corrected chi connectivity index (χ0v) is 13.3. The molecule has 0 saturated carbocycles. The van der Waals surface area contributed by atoms with Crippen molar-refractivity contribution in [1.82, 2.24) is 15.1 Å². The Kier molecular flexibility index (Phi) is 6.01. The van der Waals surface area contributed by atoms with E-state index in [0.717, 1.165) is 25.8 Å². The summed E-state index contributed by atoms with van der Waals surface area (Å²) in [5.74, 6) is 0. The monoisotopic (exact) mass is 267 g/mol. The molecular weight excluding hydrogens is 238 g/mol. The predicted molar refractivity (Wildman–Crippen MR) is 79.3 cm³/mol. The van der Waals surface area contributed by atoms with Gasteiger partial charge in [0, 0.05) is 32.0 Å². The minimum absolute atomic E-state index is 0.0672. The van der Waals surface area contributed by atoms with E-state index in [1.54, 1.807) is 7.11 Å². The van der Waals surface area contributed by atoms with Crippen molar-refractivity contribution in [2.24, 2.45) is 7.05 Å². The number of ether oxygens (including phenoxy) is 1. The molecular formula is C15H29N3O. The first-order valence-corrected chi connectivity index (χ1v) is 7.24. The lowest BCUT2D eigenvalue weighted by Crippen LogP contribution is -2.27. The van der Waals surface area contributed by atoms with E-state index in [2.05, 4.69) is 44.3 Å².